The van der Waals surface area contributed by atoms with E-state index in [0.29, 0.717) is 13.2 Å². The predicted octanol–water partition coefficient (Wildman–Crippen LogP) is 0.997. The second kappa shape index (κ2) is 7.65. The summed E-state index contributed by atoms with van der Waals surface area (Å²) in [5, 5.41) is 0. The van der Waals surface area contributed by atoms with Crippen LogP contribution < -0.4 is 5.73 Å². The molecule has 4 heteroatoms. The summed E-state index contributed by atoms with van der Waals surface area (Å²) in [7, 11) is 1.63. The minimum Gasteiger partial charge on any atom is -0.383 e. The molecule has 90 valence electrons. The molecular weight excluding hydrogens is 192 g/mol. The van der Waals surface area contributed by atoms with Crippen LogP contribution >= 0.6 is 0 Å². The van der Waals surface area contributed by atoms with Crippen molar-refractivity contribution in [1.82, 2.24) is 4.90 Å². The summed E-state index contributed by atoms with van der Waals surface area (Å²) in [5.41, 5.74) is 5.81. The van der Waals surface area contributed by atoms with Gasteiger partial charge in [0.15, 0.2) is 0 Å². The Kier molecular flexibility index (Phi) is 7.34. The number of amides is 1. The lowest BCUT2D eigenvalue weighted by atomic mass is 10.1. The van der Waals surface area contributed by atoms with Gasteiger partial charge in [-0.3, -0.25) is 4.79 Å². The number of carbonyl (C=O) groups excluding carboxylic acids is 1. The summed E-state index contributed by atoms with van der Waals surface area (Å²) < 4.78 is 4.98. The van der Waals surface area contributed by atoms with E-state index in [1.165, 1.54) is 0 Å². The van der Waals surface area contributed by atoms with Crippen LogP contribution in [0.4, 0.5) is 0 Å². The van der Waals surface area contributed by atoms with E-state index >= 15 is 0 Å². The van der Waals surface area contributed by atoms with Gasteiger partial charge in [0.2, 0.25) is 5.91 Å². The fraction of sp³-hybridized carbons (Fsp3) is 0.909. The normalized spacial score (nSPS) is 12.9. The van der Waals surface area contributed by atoms with Crippen LogP contribution in [0, 0.1) is 0 Å². The molecule has 0 saturated carbocycles. The molecule has 0 aromatic carbocycles. The van der Waals surface area contributed by atoms with Gasteiger partial charge in [0, 0.05) is 19.7 Å². The second-order valence-electron chi connectivity index (χ2n) is 4.01. The molecule has 0 heterocycles. The topological polar surface area (TPSA) is 55.6 Å². The van der Waals surface area contributed by atoms with E-state index in [9.17, 15) is 4.79 Å². The van der Waals surface area contributed by atoms with Crippen LogP contribution in [0.1, 0.15) is 33.6 Å². The SMILES string of the molecule is CCC[C@H](N)C(=O)N(CCOC)C(C)C. The fourth-order valence-electron chi connectivity index (χ4n) is 1.46. The molecule has 0 aromatic rings. The average Bonchev–Trinajstić information content (AvgIpc) is 2.18. The first kappa shape index (κ1) is 14.4. The van der Waals surface area contributed by atoms with Gasteiger partial charge in [0.1, 0.15) is 0 Å². The highest BCUT2D eigenvalue weighted by Gasteiger charge is 2.21. The van der Waals surface area contributed by atoms with Crippen LogP contribution in [0.15, 0.2) is 0 Å². The number of nitrogens with two attached hydrogens (primary N) is 1. The highest BCUT2D eigenvalue weighted by Crippen LogP contribution is 2.04. The lowest BCUT2D eigenvalue weighted by molar-refractivity contribution is -0.135. The predicted molar refractivity (Wildman–Crippen MR) is 61.6 cm³/mol. The third kappa shape index (κ3) is 5.14. The number of methoxy groups -OCH3 is 1. The Morgan fingerprint density at radius 1 is 1.47 bits per heavy atom. The third-order valence-corrected chi connectivity index (χ3v) is 2.36. The van der Waals surface area contributed by atoms with Gasteiger partial charge in [0.05, 0.1) is 12.6 Å². The number of rotatable bonds is 7. The zero-order valence-corrected chi connectivity index (χ0v) is 10.3. The molecule has 0 saturated heterocycles. The first-order valence-electron chi connectivity index (χ1n) is 5.59. The van der Waals surface area contributed by atoms with Crippen molar-refractivity contribution in [2.24, 2.45) is 5.73 Å². The Morgan fingerprint density at radius 2 is 2.07 bits per heavy atom. The molecule has 0 aliphatic heterocycles. The van der Waals surface area contributed by atoms with Gasteiger partial charge in [-0.2, -0.15) is 0 Å². The van der Waals surface area contributed by atoms with Crippen LogP contribution in [0.2, 0.25) is 0 Å². The number of ether oxygens (including phenoxy) is 1. The summed E-state index contributed by atoms with van der Waals surface area (Å²) in [6.45, 7) is 7.19. The molecule has 2 N–H and O–H groups in total. The average molecular weight is 216 g/mol. The maximum absolute atomic E-state index is 11.9. The molecule has 1 atom stereocenters. The first-order chi connectivity index (χ1) is 7.04. The van der Waals surface area contributed by atoms with Gasteiger partial charge in [-0.25, -0.2) is 0 Å². The quantitative estimate of drug-likeness (QED) is 0.690. The molecule has 1 amide bonds. The van der Waals surface area contributed by atoms with Crippen LogP contribution in [-0.4, -0.2) is 43.2 Å². The molecule has 0 fully saturated rings. The summed E-state index contributed by atoms with van der Waals surface area (Å²) in [4.78, 5) is 13.7. The summed E-state index contributed by atoms with van der Waals surface area (Å²) in [6, 6.07) is -0.190. The van der Waals surface area contributed by atoms with Crippen molar-refractivity contribution in [2.75, 3.05) is 20.3 Å². The van der Waals surface area contributed by atoms with E-state index in [1.54, 1.807) is 12.0 Å². The van der Waals surface area contributed by atoms with E-state index < -0.39 is 0 Å². The van der Waals surface area contributed by atoms with E-state index in [4.69, 9.17) is 10.5 Å². The Balaban J connectivity index is 4.27. The third-order valence-electron chi connectivity index (χ3n) is 2.36. The van der Waals surface area contributed by atoms with Crippen LogP contribution in [-0.2, 0) is 9.53 Å². The van der Waals surface area contributed by atoms with E-state index in [-0.39, 0.29) is 18.0 Å². The summed E-state index contributed by atoms with van der Waals surface area (Å²) in [5.74, 6) is 0.0314. The van der Waals surface area contributed by atoms with Crippen molar-refractivity contribution in [3.05, 3.63) is 0 Å². The van der Waals surface area contributed by atoms with Gasteiger partial charge in [-0.05, 0) is 20.3 Å². The lowest BCUT2D eigenvalue weighted by Crippen LogP contribution is -2.48. The molecule has 4 nitrogen and oxygen atoms in total. The molecule has 0 aromatic heterocycles. The fourth-order valence-corrected chi connectivity index (χ4v) is 1.46. The Labute approximate surface area is 92.8 Å². The number of carbonyl (C=O) groups is 1. The molecule has 15 heavy (non-hydrogen) atoms. The van der Waals surface area contributed by atoms with Gasteiger partial charge in [0.25, 0.3) is 0 Å². The maximum Gasteiger partial charge on any atom is 0.239 e. The number of hydrogen-bond donors (Lipinski definition) is 1. The van der Waals surface area contributed by atoms with Crippen LogP contribution in [0.25, 0.3) is 0 Å². The van der Waals surface area contributed by atoms with Gasteiger partial charge in [-0.15, -0.1) is 0 Å². The molecule has 0 radical (unpaired) electrons. The zero-order valence-electron chi connectivity index (χ0n) is 10.3. The first-order valence-corrected chi connectivity index (χ1v) is 5.59. The van der Waals surface area contributed by atoms with E-state index in [1.807, 2.05) is 20.8 Å². The van der Waals surface area contributed by atoms with Gasteiger partial charge >= 0.3 is 0 Å². The van der Waals surface area contributed by atoms with Crippen molar-refractivity contribution < 1.29 is 9.53 Å². The summed E-state index contributed by atoms with van der Waals surface area (Å²) in [6.07, 6.45) is 1.68. The highest BCUT2D eigenvalue weighted by molar-refractivity contribution is 5.81. The molecule has 0 bridgehead atoms. The largest absolute Gasteiger partial charge is 0.383 e. The smallest absolute Gasteiger partial charge is 0.239 e. The van der Waals surface area contributed by atoms with Gasteiger partial charge in [-0.1, -0.05) is 13.3 Å². The van der Waals surface area contributed by atoms with Crippen molar-refractivity contribution in [1.29, 1.82) is 0 Å². The van der Waals surface area contributed by atoms with Crippen LogP contribution in [0.3, 0.4) is 0 Å². The van der Waals surface area contributed by atoms with Crippen molar-refractivity contribution in [2.45, 2.75) is 45.7 Å². The van der Waals surface area contributed by atoms with Crippen molar-refractivity contribution >= 4 is 5.91 Å². The lowest BCUT2D eigenvalue weighted by Gasteiger charge is -2.29. The Bertz CT molecular complexity index is 183. The number of nitrogens with zero attached hydrogens (tertiary/aromatic N) is 1. The number of hydrogen-bond acceptors (Lipinski definition) is 3. The van der Waals surface area contributed by atoms with Gasteiger partial charge < -0.3 is 15.4 Å². The molecule has 0 aliphatic carbocycles. The molecule has 0 aliphatic rings. The van der Waals surface area contributed by atoms with Crippen molar-refractivity contribution in [3.8, 4) is 0 Å². The van der Waals surface area contributed by atoms with E-state index in [2.05, 4.69) is 0 Å². The second-order valence-corrected chi connectivity index (χ2v) is 4.01. The summed E-state index contributed by atoms with van der Waals surface area (Å²) >= 11 is 0. The molecule has 0 rings (SSSR count). The Morgan fingerprint density at radius 3 is 2.47 bits per heavy atom. The molecule has 0 spiro atoms. The highest BCUT2D eigenvalue weighted by atomic mass is 16.5. The van der Waals surface area contributed by atoms with Crippen LogP contribution in [0.5, 0.6) is 0 Å². The van der Waals surface area contributed by atoms with E-state index in [0.717, 1.165) is 12.8 Å². The maximum atomic E-state index is 11.9. The van der Waals surface area contributed by atoms with Crippen molar-refractivity contribution in [3.63, 3.8) is 0 Å². The Hall–Kier alpha value is -0.610. The zero-order chi connectivity index (χ0) is 11.8. The minimum atomic E-state index is -0.366. The monoisotopic (exact) mass is 216 g/mol. The standard InChI is InChI=1S/C11H24N2O2/c1-5-6-10(12)11(14)13(9(2)3)7-8-15-4/h9-10H,5-8,12H2,1-4H3/t10-/m0/s1. The molecular formula is C11H24N2O2. The molecule has 0 unspecified atom stereocenters. The minimum absolute atomic E-state index is 0.0314.